The lowest BCUT2D eigenvalue weighted by Crippen LogP contribution is -2.50. The molecule has 4 heteroatoms. The summed E-state index contributed by atoms with van der Waals surface area (Å²) in [6.45, 7) is 8.63. The van der Waals surface area contributed by atoms with Gasteiger partial charge in [-0.25, -0.2) is 4.79 Å². The highest BCUT2D eigenvalue weighted by Gasteiger charge is 2.33. The number of rotatable bonds is 4. The lowest BCUT2D eigenvalue weighted by atomic mass is 10.1. The van der Waals surface area contributed by atoms with Gasteiger partial charge >= 0.3 is 6.09 Å². The van der Waals surface area contributed by atoms with Crippen LogP contribution in [0.1, 0.15) is 53.4 Å². The molecule has 106 valence electrons. The third-order valence-electron chi connectivity index (χ3n) is 3.30. The number of ether oxygens (including phenoxy) is 1. The summed E-state index contributed by atoms with van der Waals surface area (Å²) in [6.07, 6.45) is 4.48. The molecule has 1 saturated carbocycles. The minimum atomic E-state index is -0.423. The van der Waals surface area contributed by atoms with E-state index in [1.807, 2.05) is 32.7 Å². The molecule has 1 rings (SSSR count). The molecular formula is C14H28N2O2. The number of amides is 1. The van der Waals surface area contributed by atoms with Crippen LogP contribution in [0.15, 0.2) is 0 Å². The summed E-state index contributed by atoms with van der Waals surface area (Å²) < 4.78 is 5.54. The summed E-state index contributed by atoms with van der Waals surface area (Å²) in [5, 5.41) is 3.14. The Morgan fingerprint density at radius 2 is 1.94 bits per heavy atom. The molecule has 1 aliphatic carbocycles. The molecule has 0 radical (unpaired) electrons. The molecule has 0 aromatic carbocycles. The predicted molar refractivity (Wildman–Crippen MR) is 73.7 cm³/mol. The smallest absolute Gasteiger partial charge is 0.410 e. The molecule has 0 bridgehead atoms. The summed E-state index contributed by atoms with van der Waals surface area (Å²) in [6, 6.07) is 0.524. The Kier molecular flexibility index (Phi) is 5.45. The van der Waals surface area contributed by atoms with Crippen molar-refractivity contribution in [1.82, 2.24) is 10.2 Å². The van der Waals surface area contributed by atoms with E-state index in [1.54, 1.807) is 0 Å². The SMILES string of the molecule is CNC[C@H](C)N(C(=O)OC(C)(C)C)C1CCCC1. The van der Waals surface area contributed by atoms with E-state index >= 15 is 0 Å². The van der Waals surface area contributed by atoms with Crippen LogP contribution >= 0.6 is 0 Å². The van der Waals surface area contributed by atoms with Crippen LogP contribution < -0.4 is 5.32 Å². The van der Waals surface area contributed by atoms with Crippen molar-refractivity contribution in [2.24, 2.45) is 0 Å². The molecule has 1 N–H and O–H groups in total. The molecule has 0 saturated heterocycles. The molecule has 0 aromatic rings. The van der Waals surface area contributed by atoms with Gasteiger partial charge in [0.15, 0.2) is 0 Å². The number of likely N-dealkylation sites (N-methyl/N-ethyl adjacent to an activating group) is 1. The van der Waals surface area contributed by atoms with E-state index in [1.165, 1.54) is 12.8 Å². The number of carbonyl (C=O) groups excluding carboxylic acids is 1. The second kappa shape index (κ2) is 6.41. The van der Waals surface area contributed by atoms with Crippen molar-refractivity contribution >= 4 is 6.09 Å². The van der Waals surface area contributed by atoms with Crippen molar-refractivity contribution in [3.8, 4) is 0 Å². The number of nitrogens with one attached hydrogen (secondary N) is 1. The first-order chi connectivity index (χ1) is 8.35. The lowest BCUT2D eigenvalue weighted by molar-refractivity contribution is 0.00753. The fraction of sp³-hybridized carbons (Fsp3) is 0.929. The molecule has 0 heterocycles. The highest BCUT2D eigenvalue weighted by molar-refractivity contribution is 5.69. The maximum atomic E-state index is 12.3. The highest BCUT2D eigenvalue weighted by atomic mass is 16.6. The van der Waals surface area contributed by atoms with Crippen molar-refractivity contribution in [3.63, 3.8) is 0 Å². The fourth-order valence-corrected chi connectivity index (χ4v) is 2.58. The molecule has 1 amide bonds. The average Bonchev–Trinajstić information content (AvgIpc) is 2.68. The highest BCUT2D eigenvalue weighted by Crippen LogP contribution is 2.26. The average molecular weight is 256 g/mol. The van der Waals surface area contributed by atoms with Crippen molar-refractivity contribution in [1.29, 1.82) is 0 Å². The normalized spacial score (nSPS) is 18.7. The molecule has 0 unspecified atom stereocenters. The number of carbonyl (C=O) groups is 1. The molecule has 0 aliphatic heterocycles. The molecule has 18 heavy (non-hydrogen) atoms. The van der Waals surface area contributed by atoms with Gasteiger partial charge in [0.05, 0.1) is 0 Å². The van der Waals surface area contributed by atoms with Crippen molar-refractivity contribution in [3.05, 3.63) is 0 Å². The summed E-state index contributed by atoms with van der Waals surface area (Å²) in [7, 11) is 1.92. The Bertz CT molecular complexity index is 267. The molecule has 1 aliphatic rings. The first-order valence-electron chi connectivity index (χ1n) is 7.01. The van der Waals surface area contributed by atoms with Crippen LogP contribution in [0.4, 0.5) is 4.79 Å². The summed E-state index contributed by atoms with van der Waals surface area (Å²) in [5.74, 6) is 0. The van der Waals surface area contributed by atoms with Crippen LogP contribution in [-0.4, -0.2) is 42.3 Å². The zero-order valence-corrected chi connectivity index (χ0v) is 12.5. The molecule has 4 nitrogen and oxygen atoms in total. The third kappa shape index (κ3) is 4.48. The van der Waals surface area contributed by atoms with Crippen molar-refractivity contribution in [2.45, 2.75) is 71.1 Å². The first-order valence-corrected chi connectivity index (χ1v) is 7.01. The van der Waals surface area contributed by atoms with Gasteiger partial charge in [-0.15, -0.1) is 0 Å². The van der Waals surface area contributed by atoms with Gasteiger partial charge in [-0.05, 0) is 47.6 Å². The van der Waals surface area contributed by atoms with Crippen LogP contribution in [0.5, 0.6) is 0 Å². The zero-order chi connectivity index (χ0) is 13.8. The Morgan fingerprint density at radius 3 is 2.39 bits per heavy atom. The largest absolute Gasteiger partial charge is 0.444 e. The second-order valence-electron chi connectivity index (χ2n) is 6.23. The van der Waals surface area contributed by atoms with E-state index in [4.69, 9.17) is 4.74 Å². The summed E-state index contributed by atoms with van der Waals surface area (Å²) in [5.41, 5.74) is -0.423. The van der Waals surface area contributed by atoms with Gasteiger partial charge < -0.3 is 15.0 Å². The van der Waals surface area contributed by atoms with Crippen LogP contribution in [0.2, 0.25) is 0 Å². The third-order valence-corrected chi connectivity index (χ3v) is 3.30. The van der Waals surface area contributed by atoms with E-state index in [9.17, 15) is 4.79 Å². The quantitative estimate of drug-likeness (QED) is 0.841. The summed E-state index contributed by atoms with van der Waals surface area (Å²) >= 11 is 0. The van der Waals surface area contributed by atoms with Crippen LogP contribution in [-0.2, 0) is 4.74 Å². The predicted octanol–water partition coefficient (Wildman–Crippen LogP) is 2.77. The van der Waals surface area contributed by atoms with Gasteiger partial charge in [-0.1, -0.05) is 12.8 Å². The van der Waals surface area contributed by atoms with Gasteiger partial charge in [-0.2, -0.15) is 0 Å². The van der Waals surface area contributed by atoms with Crippen LogP contribution in [0, 0.1) is 0 Å². The van der Waals surface area contributed by atoms with Crippen LogP contribution in [0.3, 0.4) is 0 Å². The second-order valence-corrected chi connectivity index (χ2v) is 6.23. The van der Waals surface area contributed by atoms with E-state index in [0.29, 0.717) is 6.04 Å². The number of nitrogens with zero attached hydrogens (tertiary/aromatic N) is 1. The molecule has 1 fully saturated rings. The Balaban J connectivity index is 2.72. The Hall–Kier alpha value is -0.770. The van der Waals surface area contributed by atoms with Gasteiger partial charge in [0.2, 0.25) is 0 Å². The number of hydrogen-bond acceptors (Lipinski definition) is 3. The standard InChI is InChI=1S/C14H28N2O2/c1-11(10-15-5)16(12-8-6-7-9-12)13(17)18-14(2,3)4/h11-12,15H,6-10H2,1-5H3/t11-/m0/s1. The number of hydrogen-bond donors (Lipinski definition) is 1. The molecular weight excluding hydrogens is 228 g/mol. The van der Waals surface area contributed by atoms with Crippen molar-refractivity contribution in [2.75, 3.05) is 13.6 Å². The topological polar surface area (TPSA) is 41.6 Å². The van der Waals surface area contributed by atoms with E-state index in [-0.39, 0.29) is 12.1 Å². The van der Waals surface area contributed by atoms with Crippen molar-refractivity contribution < 1.29 is 9.53 Å². The van der Waals surface area contributed by atoms with Gasteiger partial charge in [0.1, 0.15) is 5.60 Å². The Morgan fingerprint density at radius 1 is 1.39 bits per heavy atom. The Labute approximate surface area is 111 Å². The van der Waals surface area contributed by atoms with Gasteiger partial charge in [0, 0.05) is 18.6 Å². The maximum Gasteiger partial charge on any atom is 0.410 e. The lowest BCUT2D eigenvalue weighted by Gasteiger charge is -2.36. The molecule has 1 atom stereocenters. The van der Waals surface area contributed by atoms with E-state index < -0.39 is 5.60 Å². The van der Waals surface area contributed by atoms with E-state index in [0.717, 1.165) is 19.4 Å². The zero-order valence-electron chi connectivity index (χ0n) is 12.5. The monoisotopic (exact) mass is 256 g/mol. The fourth-order valence-electron chi connectivity index (χ4n) is 2.58. The van der Waals surface area contributed by atoms with Gasteiger partial charge in [-0.3, -0.25) is 0 Å². The first kappa shape index (κ1) is 15.3. The maximum absolute atomic E-state index is 12.3. The molecule has 0 spiro atoms. The van der Waals surface area contributed by atoms with Gasteiger partial charge in [0.25, 0.3) is 0 Å². The molecule has 0 aromatic heterocycles. The van der Waals surface area contributed by atoms with Crippen LogP contribution in [0.25, 0.3) is 0 Å². The van der Waals surface area contributed by atoms with E-state index in [2.05, 4.69) is 12.2 Å². The summed E-state index contributed by atoms with van der Waals surface area (Å²) in [4.78, 5) is 14.3. The minimum Gasteiger partial charge on any atom is -0.444 e. The minimum absolute atomic E-state index is 0.169.